The van der Waals surface area contributed by atoms with Crippen LogP contribution in [0.1, 0.15) is 12.8 Å². The number of halogens is 1. The van der Waals surface area contributed by atoms with Gasteiger partial charge in [-0.1, -0.05) is 6.07 Å². The van der Waals surface area contributed by atoms with Crippen molar-refractivity contribution in [1.29, 1.82) is 0 Å². The van der Waals surface area contributed by atoms with Crippen LogP contribution in [-0.2, 0) is 24.3 Å². The summed E-state index contributed by atoms with van der Waals surface area (Å²) in [6.07, 6.45) is 1.74. The number of carbonyl (C=O) groups excluding carboxylic acids is 2. The molecule has 1 aliphatic rings. The summed E-state index contributed by atoms with van der Waals surface area (Å²) in [6, 6.07) is 5.89. The van der Waals surface area contributed by atoms with E-state index in [0.717, 1.165) is 19.4 Å². The molecule has 0 saturated carbocycles. The zero-order chi connectivity index (χ0) is 17.6. The van der Waals surface area contributed by atoms with Crippen LogP contribution in [-0.4, -0.2) is 47.0 Å². The maximum Gasteiger partial charge on any atom is 0.320 e. The number of hydrogen-bond donors (Lipinski definition) is 3. The number of nitrogens with one attached hydrogen (secondary N) is 3. The predicted molar refractivity (Wildman–Crippen MR) is 95.1 cm³/mol. The van der Waals surface area contributed by atoms with Gasteiger partial charge in [-0.2, -0.15) is 4.72 Å². The summed E-state index contributed by atoms with van der Waals surface area (Å²) >= 11 is 0. The molecule has 2 rings (SSSR count). The number of esters is 1. The molecule has 0 radical (unpaired) electrons. The summed E-state index contributed by atoms with van der Waals surface area (Å²) in [4.78, 5) is 23.2. The SMILES string of the molecule is COC(=O)CNS(=O)(=O)c1cccc(NC(=O)C2CCCNC2)c1.Cl. The average molecular weight is 392 g/mol. The van der Waals surface area contributed by atoms with Crippen molar-refractivity contribution in [2.45, 2.75) is 17.7 Å². The molecule has 1 saturated heterocycles. The second kappa shape index (κ2) is 9.71. The molecule has 1 aromatic rings. The third-order valence-electron chi connectivity index (χ3n) is 3.71. The molecule has 140 valence electrons. The fraction of sp³-hybridized carbons (Fsp3) is 0.467. The quantitative estimate of drug-likeness (QED) is 0.608. The first kappa shape index (κ1) is 21.4. The van der Waals surface area contributed by atoms with Crippen LogP contribution < -0.4 is 15.4 Å². The number of sulfonamides is 1. The number of benzene rings is 1. The van der Waals surface area contributed by atoms with Crippen molar-refractivity contribution in [1.82, 2.24) is 10.0 Å². The lowest BCUT2D eigenvalue weighted by atomic mass is 9.99. The van der Waals surface area contributed by atoms with E-state index >= 15 is 0 Å². The molecule has 8 nitrogen and oxygen atoms in total. The average Bonchev–Trinajstić information content (AvgIpc) is 2.60. The number of amides is 1. The Morgan fingerprint density at radius 2 is 2.12 bits per heavy atom. The van der Waals surface area contributed by atoms with Gasteiger partial charge in [0.25, 0.3) is 0 Å². The fourth-order valence-electron chi connectivity index (χ4n) is 2.37. The monoisotopic (exact) mass is 391 g/mol. The molecule has 1 unspecified atom stereocenters. The highest BCUT2D eigenvalue weighted by molar-refractivity contribution is 7.89. The van der Waals surface area contributed by atoms with Gasteiger partial charge in [-0.15, -0.1) is 12.4 Å². The van der Waals surface area contributed by atoms with Crippen LogP contribution in [0.4, 0.5) is 5.69 Å². The lowest BCUT2D eigenvalue weighted by Crippen LogP contribution is -2.37. The minimum absolute atomic E-state index is 0. The maximum atomic E-state index is 12.2. The molecule has 1 atom stereocenters. The molecule has 0 bridgehead atoms. The van der Waals surface area contributed by atoms with Crippen molar-refractivity contribution in [3.63, 3.8) is 0 Å². The molecule has 1 heterocycles. The van der Waals surface area contributed by atoms with Gasteiger partial charge in [0, 0.05) is 12.2 Å². The number of piperidine rings is 1. The summed E-state index contributed by atoms with van der Waals surface area (Å²) in [7, 11) is -2.69. The van der Waals surface area contributed by atoms with E-state index in [-0.39, 0.29) is 29.1 Å². The number of rotatable bonds is 6. The topological polar surface area (TPSA) is 114 Å². The van der Waals surface area contributed by atoms with Gasteiger partial charge >= 0.3 is 5.97 Å². The Labute approximate surface area is 153 Å². The third-order valence-corrected chi connectivity index (χ3v) is 5.11. The Balaban J connectivity index is 0.00000312. The van der Waals surface area contributed by atoms with Gasteiger partial charge in [0.15, 0.2) is 0 Å². The van der Waals surface area contributed by atoms with Crippen LogP contribution in [0, 0.1) is 5.92 Å². The number of ether oxygens (including phenoxy) is 1. The Kier molecular flexibility index (Phi) is 8.30. The van der Waals surface area contributed by atoms with Gasteiger partial charge in [0.1, 0.15) is 6.54 Å². The second-order valence-corrected chi connectivity index (χ2v) is 7.23. The van der Waals surface area contributed by atoms with Gasteiger partial charge in [0.05, 0.1) is 17.9 Å². The molecule has 10 heteroatoms. The molecule has 1 aromatic carbocycles. The van der Waals surface area contributed by atoms with E-state index in [1.54, 1.807) is 6.07 Å². The molecular weight excluding hydrogens is 370 g/mol. The highest BCUT2D eigenvalue weighted by Crippen LogP contribution is 2.18. The number of carbonyl (C=O) groups is 2. The summed E-state index contributed by atoms with van der Waals surface area (Å²) in [5, 5.41) is 5.90. The van der Waals surface area contributed by atoms with Crippen LogP contribution in [0.2, 0.25) is 0 Å². The number of hydrogen-bond acceptors (Lipinski definition) is 6. The van der Waals surface area contributed by atoms with E-state index in [4.69, 9.17) is 0 Å². The molecule has 0 aromatic heterocycles. The van der Waals surface area contributed by atoms with Crippen LogP contribution in [0.25, 0.3) is 0 Å². The summed E-state index contributed by atoms with van der Waals surface area (Å²) in [5.74, 6) is -0.955. The molecule has 25 heavy (non-hydrogen) atoms. The van der Waals surface area contributed by atoms with Crippen LogP contribution in [0.15, 0.2) is 29.2 Å². The zero-order valence-corrected chi connectivity index (χ0v) is 15.4. The van der Waals surface area contributed by atoms with E-state index < -0.39 is 22.5 Å². The maximum absolute atomic E-state index is 12.2. The number of methoxy groups -OCH3 is 1. The summed E-state index contributed by atoms with van der Waals surface area (Å²) < 4.78 is 30.8. The van der Waals surface area contributed by atoms with Crippen LogP contribution in [0.3, 0.4) is 0 Å². The fourth-order valence-corrected chi connectivity index (χ4v) is 3.38. The largest absolute Gasteiger partial charge is 0.468 e. The lowest BCUT2D eigenvalue weighted by molar-refractivity contribution is -0.139. The molecule has 0 aliphatic carbocycles. The molecule has 1 aliphatic heterocycles. The first-order valence-corrected chi connectivity index (χ1v) is 9.09. The van der Waals surface area contributed by atoms with Crippen molar-refractivity contribution < 1.29 is 22.7 Å². The second-order valence-electron chi connectivity index (χ2n) is 5.46. The Hall–Kier alpha value is -1.68. The van der Waals surface area contributed by atoms with Gasteiger partial charge in [-0.3, -0.25) is 9.59 Å². The predicted octanol–water partition coefficient (Wildman–Crippen LogP) is 0.498. The van der Waals surface area contributed by atoms with Crippen molar-refractivity contribution in [3.05, 3.63) is 24.3 Å². The molecule has 1 fully saturated rings. The number of anilines is 1. The standard InChI is InChI=1S/C15H21N3O5S.ClH/c1-23-14(19)10-17-24(21,22)13-6-2-5-12(8-13)18-15(20)11-4-3-7-16-9-11;/h2,5-6,8,11,16-17H,3-4,7,9-10H2,1H3,(H,18,20);1H. The van der Waals surface area contributed by atoms with Crippen LogP contribution >= 0.6 is 12.4 Å². The van der Waals surface area contributed by atoms with Crippen LogP contribution in [0.5, 0.6) is 0 Å². The molecular formula is C15H22ClN3O5S. The third kappa shape index (κ3) is 6.28. The van der Waals surface area contributed by atoms with Gasteiger partial charge in [-0.05, 0) is 37.6 Å². The Morgan fingerprint density at radius 1 is 1.36 bits per heavy atom. The van der Waals surface area contributed by atoms with Gasteiger partial charge in [-0.25, -0.2) is 8.42 Å². The smallest absolute Gasteiger partial charge is 0.320 e. The van der Waals surface area contributed by atoms with E-state index in [0.29, 0.717) is 12.2 Å². The highest BCUT2D eigenvalue weighted by atomic mass is 35.5. The Bertz CT molecular complexity index is 705. The van der Waals surface area contributed by atoms with Crippen molar-refractivity contribution in [2.75, 3.05) is 32.1 Å². The van der Waals surface area contributed by atoms with Crippen molar-refractivity contribution >= 4 is 40.0 Å². The van der Waals surface area contributed by atoms with E-state index in [1.165, 1.54) is 25.3 Å². The summed E-state index contributed by atoms with van der Waals surface area (Å²) in [5.41, 5.74) is 0.395. The summed E-state index contributed by atoms with van der Waals surface area (Å²) in [6.45, 7) is 1.07. The van der Waals surface area contributed by atoms with Crippen molar-refractivity contribution in [3.8, 4) is 0 Å². The molecule has 3 N–H and O–H groups in total. The Morgan fingerprint density at radius 3 is 2.76 bits per heavy atom. The minimum atomic E-state index is -3.86. The van der Waals surface area contributed by atoms with Crippen molar-refractivity contribution in [2.24, 2.45) is 5.92 Å². The molecule has 0 spiro atoms. The van der Waals surface area contributed by atoms with E-state index in [9.17, 15) is 18.0 Å². The normalized spacial score (nSPS) is 17.2. The first-order chi connectivity index (χ1) is 11.4. The van der Waals surface area contributed by atoms with Gasteiger partial charge < -0.3 is 15.4 Å². The zero-order valence-electron chi connectivity index (χ0n) is 13.8. The van der Waals surface area contributed by atoms with E-state index in [2.05, 4.69) is 20.1 Å². The minimum Gasteiger partial charge on any atom is -0.468 e. The first-order valence-electron chi connectivity index (χ1n) is 7.60. The highest BCUT2D eigenvalue weighted by Gasteiger charge is 2.22. The molecule has 1 amide bonds. The van der Waals surface area contributed by atoms with E-state index in [1.807, 2.05) is 0 Å². The van der Waals surface area contributed by atoms with Gasteiger partial charge in [0.2, 0.25) is 15.9 Å². The lowest BCUT2D eigenvalue weighted by Gasteiger charge is -2.22.